The minimum Gasteiger partial charge on any atom is -0.478 e. The standard InChI is InChI=1S/C12H14N2O4S/c15-12(16)9-3-1-4-10(14(17)18)11(9)13-5-2-7-19-8-6-13/h1,3-4H,2,5-8H2,(H,15,16). The molecule has 1 N–H and O–H groups in total. The molecule has 0 saturated carbocycles. The van der Waals surface area contributed by atoms with E-state index in [0.29, 0.717) is 13.1 Å². The molecule has 0 unspecified atom stereocenters. The van der Waals surface area contributed by atoms with Crippen LogP contribution in [0, 0.1) is 10.1 Å². The largest absolute Gasteiger partial charge is 0.478 e. The molecule has 0 atom stereocenters. The zero-order valence-electron chi connectivity index (χ0n) is 10.2. The van der Waals surface area contributed by atoms with Gasteiger partial charge >= 0.3 is 5.97 Å². The predicted molar refractivity (Wildman–Crippen MR) is 74.2 cm³/mol. The van der Waals surface area contributed by atoms with E-state index in [2.05, 4.69) is 0 Å². The number of carbonyl (C=O) groups is 1. The van der Waals surface area contributed by atoms with Gasteiger partial charge in [0.1, 0.15) is 5.69 Å². The average Bonchev–Trinajstić information content (AvgIpc) is 2.66. The van der Waals surface area contributed by atoms with Gasteiger partial charge in [0.25, 0.3) is 5.69 Å². The average molecular weight is 282 g/mol. The Morgan fingerprint density at radius 1 is 1.37 bits per heavy atom. The Kier molecular flexibility index (Phi) is 4.26. The molecule has 1 heterocycles. The van der Waals surface area contributed by atoms with Crippen molar-refractivity contribution in [3.63, 3.8) is 0 Å². The molecule has 6 nitrogen and oxygen atoms in total. The van der Waals surface area contributed by atoms with Crippen LogP contribution in [0.25, 0.3) is 0 Å². The molecule has 1 saturated heterocycles. The number of para-hydroxylation sites is 1. The van der Waals surface area contributed by atoms with Crippen molar-refractivity contribution in [3.8, 4) is 0 Å². The van der Waals surface area contributed by atoms with Crippen molar-refractivity contribution in [1.29, 1.82) is 0 Å². The van der Waals surface area contributed by atoms with E-state index in [4.69, 9.17) is 0 Å². The molecule has 102 valence electrons. The number of hydrogen-bond acceptors (Lipinski definition) is 5. The fourth-order valence-electron chi connectivity index (χ4n) is 2.15. The molecular formula is C12H14N2O4S. The monoisotopic (exact) mass is 282 g/mol. The molecule has 0 radical (unpaired) electrons. The molecule has 19 heavy (non-hydrogen) atoms. The number of benzene rings is 1. The summed E-state index contributed by atoms with van der Waals surface area (Å²) < 4.78 is 0. The highest BCUT2D eigenvalue weighted by atomic mass is 32.2. The first-order valence-electron chi connectivity index (χ1n) is 5.94. The molecule has 7 heteroatoms. The molecule has 1 aliphatic rings. The number of aromatic carboxylic acids is 1. The fourth-order valence-corrected chi connectivity index (χ4v) is 3.04. The van der Waals surface area contributed by atoms with Crippen molar-refractivity contribution in [1.82, 2.24) is 0 Å². The highest BCUT2D eigenvalue weighted by Gasteiger charge is 2.26. The summed E-state index contributed by atoms with van der Waals surface area (Å²) >= 11 is 1.78. The molecule has 1 aromatic carbocycles. The first-order valence-corrected chi connectivity index (χ1v) is 7.10. The van der Waals surface area contributed by atoms with E-state index in [0.717, 1.165) is 17.9 Å². The van der Waals surface area contributed by atoms with Gasteiger partial charge in [0.2, 0.25) is 0 Å². The topological polar surface area (TPSA) is 83.7 Å². The summed E-state index contributed by atoms with van der Waals surface area (Å²) in [5.74, 6) is 0.723. The lowest BCUT2D eigenvalue weighted by Crippen LogP contribution is -2.28. The third kappa shape index (κ3) is 2.98. The quantitative estimate of drug-likeness (QED) is 0.676. The first kappa shape index (κ1) is 13.7. The van der Waals surface area contributed by atoms with Crippen LogP contribution in [0.1, 0.15) is 16.8 Å². The van der Waals surface area contributed by atoms with Gasteiger partial charge in [-0.15, -0.1) is 0 Å². The van der Waals surface area contributed by atoms with E-state index in [9.17, 15) is 20.0 Å². The van der Waals surface area contributed by atoms with Crippen LogP contribution >= 0.6 is 11.8 Å². The third-order valence-corrected chi connectivity index (χ3v) is 4.03. The minimum absolute atomic E-state index is 0.00102. The van der Waals surface area contributed by atoms with Crippen molar-refractivity contribution in [2.75, 3.05) is 29.5 Å². The van der Waals surface area contributed by atoms with Crippen LogP contribution in [0.5, 0.6) is 0 Å². The minimum atomic E-state index is -1.13. The summed E-state index contributed by atoms with van der Waals surface area (Å²) in [4.78, 5) is 23.7. The van der Waals surface area contributed by atoms with Crippen molar-refractivity contribution < 1.29 is 14.8 Å². The number of carboxylic acids is 1. The molecule has 0 aromatic heterocycles. The number of carboxylic acid groups (broad SMARTS) is 1. The van der Waals surface area contributed by atoms with Crippen molar-refractivity contribution in [2.24, 2.45) is 0 Å². The van der Waals surface area contributed by atoms with Gasteiger partial charge in [-0.05, 0) is 18.2 Å². The summed E-state index contributed by atoms with van der Waals surface area (Å²) in [7, 11) is 0. The SMILES string of the molecule is O=C(O)c1cccc([N+](=O)[O-])c1N1CCCSCC1. The Hall–Kier alpha value is -1.76. The summed E-state index contributed by atoms with van der Waals surface area (Å²) in [5.41, 5.74) is 0.107. The van der Waals surface area contributed by atoms with Gasteiger partial charge in [-0.3, -0.25) is 10.1 Å². The van der Waals surface area contributed by atoms with E-state index in [1.807, 2.05) is 4.90 Å². The van der Waals surface area contributed by atoms with E-state index < -0.39 is 10.9 Å². The van der Waals surface area contributed by atoms with E-state index in [1.165, 1.54) is 18.2 Å². The van der Waals surface area contributed by atoms with E-state index >= 15 is 0 Å². The van der Waals surface area contributed by atoms with Crippen molar-refractivity contribution in [3.05, 3.63) is 33.9 Å². The highest BCUT2D eigenvalue weighted by molar-refractivity contribution is 7.99. The van der Waals surface area contributed by atoms with Gasteiger partial charge in [-0.25, -0.2) is 4.79 Å². The Morgan fingerprint density at radius 2 is 2.16 bits per heavy atom. The number of rotatable bonds is 3. The van der Waals surface area contributed by atoms with Crippen molar-refractivity contribution in [2.45, 2.75) is 6.42 Å². The summed E-state index contributed by atoms with van der Waals surface area (Å²) in [5, 5.41) is 20.3. The first-order chi connectivity index (χ1) is 9.11. The van der Waals surface area contributed by atoms with Crippen LogP contribution < -0.4 is 4.90 Å². The number of anilines is 1. The third-order valence-electron chi connectivity index (χ3n) is 2.98. The predicted octanol–water partition coefficient (Wildman–Crippen LogP) is 2.24. The molecule has 1 aliphatic heterocycles. The van der Waals surface area contributed by atoms with Crippen LogP contribution in [0.15, 0.2) is 18.2 Å². The molecule has 1 fully saturated rings. The maximum absolute atomic E-state index is 11.3. The maximum Gasteiger partial charge on any atom is 0.338 e. The molecule has 0 aliphatic carbocycles. The number of nitro benzene ring substituents is 1. The number of nitrogens with zero attached hydrogens (tertiary/aromatic N) is 2. The van der Waals surface area contributed by atoms with Gasteiger partial charge in [0.05, 0.1) is 10.5 Å². The number of hydrogen-bond donors (Lipinski definition) is 1. The molecule has 0 spiro atoms. The smallest absolute Gasteiger partial charge is 0.338 e. The van der Waals surface area contributed by atoms with Crippen LogP contribution in [0.4, 0.5) is 11.4 Å². The Morgan fingerprint density at radius 3 is 2.84 bits per heavy atom. The molecule has 1 aromatic rings. The van der Waals surface area contributed by atoms with E-state index in [1.54, 1.807) is 11.8 Å². The van der Waals surface area contributed by atoms with Gasteiger partial charge in [-0.1, -0.05) is 6.07 Å². The van der Waals surface area contributed by atoms with E-state index in [-0.39, 0.29) is 16.9 Å². The lowest BCUT2D eigenvalue weighted by Gasteiger charge is -2.23. The molecule has 0 amide bonds. The lowest BCUT2D eigenvalue weighted by atomic mass is 10.1. The van der Waals surface area contributed by atoms with Gasteiger partial charge in [-0.2, -0.15) is 11.8 Å². The molecule has 2 rings (SSSR count). The van der Waals surface area contributed by atoms with Gasteiger partial charge in [0.15, 0.2) is 0 Å². The highest BCUT2D eigenvalue weighted by Crippen LogP contribution is 2.33. The Labute approximate surface area is 114 Å². The van der Waals surface area contributed by atoms with Crippen LogP contribution in [-0.2, 0) is 0 Å². The summed E-state index contributed by atoms with van der Waals surface area (Å²) in [6.45, 7) is 1.29. The Balaban J connectivity index is 2.50. The van der Waals surface area contributed by atoms with Crippen LogP contribution in [0.2, 0.25) is 0 Å². The fraction of sp³-hybridized carbons (Fsp3) is 0.417. The second-order valence-corrected chi connectivity index (χ2v) is 5.41. The van der Waals surface area contributed by atoms with Crippen LogP contribution in [0.3, 0.4) is 0 Å². The maximum atomic E-state index is 11.3. The van der Waals surface area contributed by atoms with Gasteiger partial charge < -0.3 is 10.0 Å². The molecule has 0 bridgehead atoms. The van der Waals surface area contributed by atoms with Crippen LogP contribution in [-0.4, -0.2) is 40.6 Å². The summed E-state index contributed by atoms with van der Waals surface area (Å²) in [6.07, 6.45) is 0.899. The lowest BCUT2D eigenvalue weighted by molar-refractivity contribution is -0.384. The second-order valence-electron chi connectivity index (χ2n) is 4.19. The number of nitro groups is 1. The van der Waals surface area contributed by atoms with Crippen molar-refractivity contribution >= 4 is 29.1 Å². The second kappa shape index (κ2) is 5.92. The van der Waals surface area contributed by atoms with Gasteiger partial charge in [0, 0.05) is 24.9 Å². The summed E-state index contributed by atoms with van der Waals surface area (Å²) in [6, 6.07) is 4.19. The number of thioether (sulfide) groups is 1. The molecular weight excluding hydrogens is 268 g/mol. The zero-order chi connectivity index (χ0) is 13.8. The zero-order valence-corrected chi connectivity index (χ0v) is 11.1. The Bertz CT molecular complexity index is 466. The normalized spacial score (nSPS) is 15.9.